The van der Waals surface area contributed by atoms with Crippen LogP contribution in [0.5, 0.6) is 0 Å². The fourth-order valence-corrected chi connectivity index (χ4v) is 6.82. The molecular formula is C31H26Si. The van der Waals surface area contributed by atoms with E-state index in [9.17, 15) is 0 Å². The Bertz CT molecular complexity index is 1330. The molecule has 1 heteroatoms. The van der Waals surface area contributed by atoms with Gasteiger partial charge in [0.25, 0.3) is 0 Å². The normalized spacial score (nSPS) is 12.3. The molecule has 0 atom stereocenters. The van der Waals surface area contributed by atoms with Crippen molar-refractivity contribution in [1.29, 1.82) is 0 Å². The summed E-state index contributed by atoms with van der Waals surface area (Å²) in [6.07, 6.45) is 4.66. The van der Waals surface area contributed by atoms with E-state index in [1.807, 2.05) is 0 Å². The largest absolute Gasteiger partial charge is 0.130 e. The minimum absolute atomic E-state index is 1.27. The zero-order valence-corrected chi connectivity index (χ0v) is 19.3. The van der Waals surface area contributed by atoms with Crippen molar-refractivity contribution in [2.75, 3.05) is 0 Å². The molecule has 0 aromatic heterocycles. The smallest absolute Gasteiger partial charge is 0.0859 e. The fraction of sp³-hybridized carbons (Fsp3) is 0.0323. The fourth-order valence-electron chi connectivity index (χ4n) is 4.36. The average Bonchev–Trinajstić information content (AvgIpc) is 2.86. The molecule has 0 spiro atoms. The molecule has 0 amide bonds. The highest BCUT2D eigenvalue weighted by Gasteiger charge is 2.23. The number of benzene rings is 5. The maximum atomic E-state index is 2.46. The molecule has 32 heavy (non-hydrogen) atoms. The topological polar surface area (TPSA) is 0 Å². The van der Waals surface area contributed by atoms with Crippen LogP contribution in [0.1, 0.15) is 11.1 Å². The molecule has 0 unspecified atom stereocenters. The zero-order valence-electron chi connectivity index (χ0n) is 18.3. The van der Waals surface area contributed by atoms with Gasteiger partial charge in [-0.3, -0.25) is 0 Å². The zero-order chi connectivity index (χ0) is 21.8. The second kappa shape index (κ2) is 8.82. The van der Waals surface area contributed by atoms with Gasteiger partial charge in [-0.15, -0.1) is 0 Å². The van der Waals surface area contributed by atoms with Gasteiger partial charge in [0.1, 0.15) is 8.07 Å². The minimum Gasteiger partial charge on any atom is -0.0859 e. The summed E-state index contributed by atoms with van der Waals surface area (Å²) in [6.45, 7) is 2.42. The van der Waals surface area contributed by atoms with E-state index in [1.54, 1.807) is 0 Å². The van der Waals surface area contributed by atoms with Crippen molar-refractivity contribution >= 4 is 47.0 Å². The Morgan fingerprint density at radius 3 is 1.44 bits per heavy atom. The molecule has 0 aliphatic heterocycles. The standard InChI is InChI=1S/C31H26Si/c1-32(29-17-3-2-4-18-29,23-21-27-15-9-13-25-11-5-7-19-30(25)27)24-22-28-16-10-14-26-12-6-8-20-31(26)28/h2-24H,1H3/b23-21-,24-22-. The summed E-state index contributed by atoms with van der Waals surface area (Å²) < 4.78 is 0. The van der Waals surface area contributed by atoms with Gasteiger partial charge in [0.05, 0.1) is 0 Å². The van der Waals surface area contributed by atoms with E-state index in [4.69, 9.17) is 0 Å². The van der Waals surface area contributed by atoms with Crippen molar-refractivity contribution in [2.24, 2.45) is 0 Å². The summed E-state index contributed by atoms with van der Waals surface area (Å²) in [4.78, 5) is 0. The minimum atomic E-state index is -2.03. The van der Waals surface area contributed by atoms with Crippen LogP contribution in [0.2, 0.25) is 6.55 Å². The lowest BCUT2D eigenvalue weighted by molar-refractivity contribution is 1.70. The van der Waals surface area contributed by atoms with Crippen LogP contribution in [0.25, 0.3) is 33.7 Å². The summed E-state index contributed by atoms with van der Waals surface area (Å²) >= 11 is 0. The molecule has 0 aliphatic rings. The Morgan fingerprint density at radius 2 is 0.906 bits per heavy atom. The molecule has 0 N–H and O–H groups in total. The molecule has 154 valence electrons. The molecule has 0 bridgehead atoms. The monoisotopic (exact) mass is 426 g/mol. The highest BCUT2D eigenvalue weighted by molar-refractivity contribution is 6.99. The SMILES string of the molecule is C[Si](/C=C\c1cccc2ccccc12)(/C=C\c1cccc2ccccc12)c1ccccc1. The predicted molar refractivity (Wildman–Crippen MR) is 144 cm³/mol. The van der Waals surface area contributed by atoms with E-state index in [2.05, 4.69) is 145 Å². The molecule has 0 heterocycles. The lowest BCUT2D eigenvalue weighted by Crippen LogP contribution is -2.41. The van der Waals surface area contributed by atoms with Crippen molar-refractivity contribution < 1.29 is 0 Å². The first kappa shape index (κ1) is 20.2. The molecule has 0 saturated heterocycles. The van der Waals surface area contributed by atoms with E-state index in [0.717, 1.165) is 0 Å². The molecular weight excluding hydrogens is 400 g/mol. The van der Waals surface area contributed by atoms with Gasteiger partial charge in [-0.1, -0.05) is 151 Å². The van der Waals surface area contributed by atoms with E-state index in [-0.39, 0.29) is 0 Å². The molecule has 5 aromatic carbocycles. The van der Waals surface area contributed by atoms with E-state index < -0.39 is 8.07 Å². The number of fused-ring (bicyclic) bond motifs is 2. The van der Waals surface area contributed by atoms with Crippen molar-refractivity contribution in [2.45, 2.75) is 6.55 Å². The van der Waals surface area contributed by atoms with Crippen LogP contribution < -0.4 is 5.19 Å². The Kier molecular flexibility index (Phi) is 5.58. The summed E-state index contributed by atoms with van der Waals surface area (Å²) in [5.74, 6) is 0. The Hall–Kier alpha value is -3.68. The predicted octanol–water partition coefficient (Wildman–Crippen LogP) is 7.78. The van der Waals surface area contributed by atoms with Crippen LogP contribution in [0.4, 0.5) is 0 Å². The van der Waals surface area contributed by atoms with Gasteiger partial charge in [0.15, 0.2) is 0 Å². The molecule has 5 rings (SSSR count). The van der Waals surface area contributed by atoms with E-state index in [1.165, 1.54) is 37.9 Å². The second-order valence-corrected chi connectivity index (χ2v) is 12.3. The van der Waals surface area contributed by atoms with Gasteiger partial charge in [-0.05, 0) is 32.7 Å². The number of rotatable bonds is 5. The molecule has 5 aromatic rings. The van der Waals surface area contributed by atoms with Crippen molar-refractivity contribution in [3.63, 3.8) is 0 Å². The highest BCUT2D eigenvalue weighted by Crippen LogP contribution is 2.23. The highest BCUT2D eigenvalue weighted by atomic mass is 28.3. The average molecular weight is 427 g/mol. The second-order valence-electron chi connectivity index (χ2n) is 8.45. The van der Waals surface area contributed by atoms with Crippen molar-refractivity contribution in [3.05, 3.63) is 138 Å². The number of hydrogen-bond acceptors (Lipinski definition) is 0. The molecule has 0 nitrogen and oxygen atoms in total. The summed E-state index contributed by atoms with van der Waals surface area (Å²) in [5.41, 5.74) is 7.48. The molecule has 0 saturated carbocycles. The quantitative estimate of drug-likeness (QED) is 0.252. The van der Waals surface area contributed by atoms with Crippen LogP contribution in [0, 0.1) is 0 Å². The van der Waals surface area contributed by atoms with Crippen LogP contribution in [0.15, 0.2) is 127 Å². The van der Waals surface area contributed by atoms with Crippen LogP contribution in [-0.4, -0.2) is 8.07 Å². The first-order valence-corrected chi connectivity index (χ1v) is 13.8. The van der Waals surface area contributed by atoms with Gasteiger partial charge in [-0.25, -0.2) is 0 Å². The summed E-state index contributed by atoms with van der Waals surface area (Å²) in [6, 6.07) is 41.3. The van der Waals surface area contributed by atoms with Crippen LogP contribution in [-0.2, 0) is 0 Å². The van der Waals surface area contributed by atoms with Gasteiger partial charge in [0, 0.05) is 0 Å². The number of hydrogen-bond donors (Lipinski definition) is 0. The van der Waals surface area contributed by atoms with E-state index >= 15 is 0 Å². The molecule has 0 radical (unpaired) electrons. The first-order chi connectivity index (χ1) is 15.7. The lowest BCUT2D eigenvalue weighted by Gasteiger charge is -2.20. The first-order valence-electron chi connectivity index (χ1n) is 11.1. The maximum Gasteiger partial charge on any atom is 0.130 e. The van der Waals surface area contributed by atoms with Crippen LogP contribution in [0.3, 0.4) is 0 Å². The third-order valence-electron chi connectivity index (χ3n) is 6.26. The van der Waals surface area contributed by atoms with Gasteiger partial charge in [-0.2, -0.15) is 0 Å². The summed E-state index contributed by atoms with van der Waals surface area (Å²) in [5, 5.41) is 6.57. The van der Waals surface area contributed by atoms with Gasteiger partial charge >= 0.3 is 0 Å². The third-order valence-corrected chi connectivity index (χ3v) is 9.56. The maximum absolute atomic E-state index is 2.46. The van der Waals surface area contributed by atoms with Crippen molar-refractivity contribution in [1.82, 2.24) is 0 Å². The van der Waals surface area contributed by atoms with E-state index in [0.29, 0.717) is 0 Å². The Balaban J connectivity index is 1.59. The third kappa shape index (κ3) is 4.08. The molecule has 0 aliphatic carbocycles. The van der Waals surface area contributed by atoms with Crippen molar-refractivity contribution in [3.8, 4) is 0 Å². The van der Waals surface area contributed by atoms with Gasteiger partial charge in [0.2, 0.25) is 0 Å². The Morgan fingerprint density at radius 1 is 0.469 bits per heavy atom. The van der Waals surface area contributed by atoms with Gasteiger partial charge < -0.3 is 0 Å². The summed E-state index contributed by atoms with van der Waals surface area (Å²) in [7, 11) is -2.03. The lowest BCUT2D eigenvalue weighted by atomic mass is 10.1. The Labute approximate surface area is 191 Å². The molecule has 0 fully saturated rings. The van der Waals surface area contributed by atoms with Crippen LogP contribution >= 0.6 is 0 Å².